The first-order chi connectivity index (χ1) is 8.32. The van der Waals surface area contributed by atoms with E-state index in [1.54, 1.807) is 12.3 Å². The minimum Gasteiger partial charge on any atom is -0.478 e. The van der Waals surface area contributed by atoms with Crippen molar-refractivity contribution in [3.05, 3.63) is 22.2 Å². The Bertz CT molecular complexity index is 493. The van der Waals surface area contributed by atoms with Gasteiger partial charge in [-0.1, -0.05) is 0 Å². The van der Waals surface area contributed by atoms with Crippen LogP contribution < -0.4 is 11.1 Å². The number of carboxylic acids is 1. The number of nitrogens with one attached hydrogen (secondary N) is 1. The number of benzene rings is 1. The maximum Gasteiger partial charge on any atom is 0.337 e. The first-order valence-electron chi connectivity index (χ1n) is 5.21. The molecule has 0 heterocycles. The van der Waals surface area contributed by atoms with E-state index < -0.39 is 16.8 Å². The molecule has 0 aliphatic carbocycles. The highest BCUT2D eigenvalue weighted by Gasteiger charge is 2.13. The Morgan fingerprint density at radius 2 is 2.22 bits per heavy atom. The predicted molar refractivity (Wildman–Crippen MR) is 77.5 cm³/mol. The maximum atomic E-state index is 11.2. The average molecular weight is 335 g/mol. The molecule has 0 bridgehead atoms. The van der Waals surface area contributed by atoms with E-state index in [0.717, 1.165) is 0 Å². The number of nitrogens with two attached hydrogens (primary N) is 1. The van der Waals surface area contributed by atoms with Crippen LogP contribution in [0.15, 0.2) is 16.6 Å². The molecule has 2 atom stereocenters. The van der Waals surface area contributed by atoms with Crippen LogP contribution in [0.25, 0.3) is 0 Å². The number of aromatic carboxylic acids is 1. The normalized spacial score (nSPS) is 13.9. The van der Waals surface area contributed by atoms with Gasteiger partial charge in [0.2, 0.25) is 0 Å². The molecule has 0 spiro atoms. The van der Waals surface area contributed by atoms with Gasteiger partial charge in [0, 0.05) is 44.7 Å². The lowest BCUT2D eigenvalue weighted by Gasteiger charge is -2.14. The molecular weight excluding hydrogens is 320 g/mol. The lowest BCUT2D eigenvalue weighted by atomic mass is 10.1. The number of rotatable bonds is 5. The van der Waals surface area contributed by atoms with Crippen LogP contribution in [0.1, 0.15) is 17.3 Å². The van der Waals surface area contributed by atoms with Crippen LogP contribution in [-0.4, -0.2) is 33.3 Å². The van der Waals surface area contributed by atoms with Gasteiger partial charge in [-0.25, -0.2) is 4.79 Å². The van der Waals surface area contributed by atoms with Crippen molar-refractivity contribution in [3.8, 4) is 0 Å². The van der Waals surface area contributed by atoms with E-state index in [9.17, 15) is 9.00 Å². The Labute approximate surface area is 116 Å². The third-order valence-corrected chi connectivity index (χ3v) is 4.47. The van der Waals surface area contributed by atoms with Crippen molar-refractivity contribution in [1.82, 2.24) is 0 Å². The number of carbonyl (C=O) groups is 1. The van der Waals surface area contributed by atoms with Crippen molar-refractivity contribution in [1.29, 1.82) is 0 Å². The van der Waals surface area contributed by atoms with Gasteiger partial charge in [0.25, 0.3) is 0 Å². The monoisotopic (exact) mass is 334 g/mol. The summed E-state index contributed by atoms with van der Waals surface area (Å²) in [4.78, 5) is 11.0. The van der Waals surface area contributed by atoms with Gasteiger partial charge in [0.05, 0.1) is 5.56 Å². The van der Waals surface area contributed by atoms with Gasteiger partial charge in [-0.05, 0) is 35.0 Å². The molecule has 0 amide bonds. The maximum absolute atomic E-state index is 11.2. The second-order valence-corrected chi connectivity index (χ2v) is 6.57. The highest BCUT2D eigenvalue weighted by atomic mass is 79.9. The van der Waals surface area contributed by atoms with Crippen molar-refractivity contribution in [2.24, 2.45) is 0 Å². The van der Waals surface area contributed by atoms with E-state index in [-0.39, 0.29) is 16.5 Å². The highest BCUT2D eigenvalue weighted by Crippen LogP contribution is 2.28. The number of halogens is 1. The fraction of sp³-hybridized carbons (Fsp3) is 0.364. The predicted octanol–water partition coefficient (Wildman–Crippen LogP) is 1.91. The van der Waals surface area contributed by atoms with Gasteiger partial charge in [0.15, 0.2) is 0 Å². The number of anilines is 2. The summed E-state index contributed by atoms with van der Waals surface area (Å²) >= 11 is 3.31. The second-order valence-electron chi connectivity index (χ2n) is 3.91. The molecule has 1 aromatic carbocycles. The number of nitrogen functional groups attached to an aromatic ring is 1. The van der Waals surface area contributed by atoms with Gasteiger partial charge in [-0.15, -0.1) is 0 Å². The summed E-state index contributed by atoms with van der Waals surface area (Å²) in [6, 6.07) is 3.01. The second kappa shape index (κ2) is 6.19. The molecule has 100 valence electrons. The average Bonchev–Trinajstić information content (AvgIpc) is 2.26. The smallest absolute Gasteiger partial charge is 0.337 e. The van der Waals surface area contributed by atoms with Crippen LogP contribution in [0.3, 0.4) is 0 Å². The zero-order chi connectivity index (χ0) is 13.9. The van der Waals surface area contributed by atoms with Crippen LogP contribution in [0, 0.1) is 0 Å². The Balaban J connectivity index is 2.92. The van der Waals surface area contributed by atoms with Crippen LogP contribution >= 0.6 is 15.9 Å². The molecule has 18 heavy (non-hydrogen) atoms. The summed E-state index contributed by atoms with van der Waals surface area (Å²) in [5.74, 6) is -1.07. The summed E-state index contributed by atoms with van der Waals surface area (Å²) < 4.78 is 11.9. The number of hydrogen-bond acceptors (Lipinski definition) is 4. The van der Waals surface area contributed by atoms with E-state index in [1.807, 2.05) is 6.92 Å². The van der Waals surface area contributed by atoms with E-state index in [2.05, 4.69) is 21.2 Å². The van der Waals surface area contributed by atoms with Gasteiger partial charge in [0.1, 0.15) is 0 Å². The third kappa shape index (κ3) is 3.71. The Morgan fingerprint density at radius 3 is 2.72 bits per heavy atom. The fourth-order valence-corrected chi connectivity index (χ4v) is 2.10. The minimum absolute atomic E-state index is 0.0252. The largest absolute Gasteiger partial charge is 0.478 e. The lowest BCUT2D eigenvalue weighted by molar-refractivity contribution is 0.0698. The zero-order valence-electron chi connectivity index (χ0n) is 10.1. The van der Waals surface area contributed by atoms with Gasteiger partial charge < -0.3 is 16.2 Å². The molecule has 5 nitrogen and oxygen atoms in total. The van der Waals surface area contributed by atoms with Crippen molar-refractivity contribution >= 4 is 44.1 Å². The first-order valence-corrected chi connectivity index (χ1v) is 7.62. The Kier molecular flexibility index (Phi) is 5.15. The Hall–Kier alpha value is -1.08. The van der Waals surface area contributed by atoms with E-state index in [1.165, 1.54) is 6.07 Å². The summed E-state index contributed by atoms with van der Waals surface area (Å²) in [6.07, 6.45) is 1.63. The lowest BCUT2D eigenvalue weighted by Crippen LogP contribution is -2.21. The topological polar surface area (TPSA) is 92.4 Å². The van der Waals surface area contributed by atoms with Gasteiger partial charge in [-0.2, -0.15) is 0 Å². The summed E-state index contributed by atoms with van der Waals surface area (Å²) in [7, 11) is -0.928. The molecule has 1 aromatic rings. The summed E-state index contributed by atoms with van der Waals surface area (Å²) in [5.41, 5.74) is 6.48. The molecule has 4 N–H and O–H groups in total. The molecule has 7 heteroatoms. The van der Waals surface area contributed by atoms with Crippen molar-refractivity contribution in [2.75, 3.05) is 23.9 Å². The van der Waals surface area contributed by atoms with Gasteiger partial charge in [-0.3, -0.25) is 4.21 Å². The first kappa shape index (κ1) is 15.0. The van der Waals surface area contributed by atoms with Crippen molar-refractivity contribution < 1.29 is 14.1 Å². The van der Waals surface area contributed by atoms with Gasteiger partial charge >= 0.3 is 5.97 Å². The van der Waals surface area contributed by atoms with E-state index in [4.69, 9.17) is 10.8 Å². The number of hydrogen-bond donors (Lipinski definition) is 3. The van der Waals surface area contributed by atoms with E-state index >= 15 is 0 Å². The molecule has 0 radical (unpaired) electrons. The number of carboxylic acid groups (broad SMARTS) is 1. The Morgan fingerprint density at radius 1 is 1.61 bits per heavy atom. The summed E-state index contributed by atoms with van der Waals surface area (Å²) in [6.45, 7) is 2.34. The third-order valence-electron chi connectivity index (χ3n) is 2.52. The molecule has 0 aromatic heterocycles. The summed E-state index contributed by atoms with van der Waals surface area (Å²) in [5, 5.41) is 12.0. The van der Waals surface area contributed by atoms with Crippen LogP contribution in [0.5, 0.6) is 0 Å². The van der Waals surface area contributed by atoms with Crippen LogP contribution in [0.2, 0.25) is 0 Å². The van der Waals surface area contributed by atoms with Crippen LogP contribution in [-0.2, 0) is 10.8 Å². The quantitative estimate of drug-likeness (QED) is 0.715. The molecule has 0 saturated heterocycles. The zero-order valence-corrected chi connectivity index (χ0v) is 12.5. The molecule has 2 unspecified atom stereocenters. The molecule has 1 rings (SSSR count). The molecule has 0 saturated carbocycles. The molecular formula is C11H15BrN2O3S. The molecule has 0 aliphatic rings. The van der Waals surface area contributed by atoms with Crippen molar-refractivity contribution in [3.63, 3.8) is 0 Å². The highest BCUT2D eigenvalue weighted by molar-refractivity contribution is 9.10. The van der Waals surface area contributed by atoms with Crippen molar-refractivity contribution in [2.45, 2.75) is 12.2 Å². The van der Waals surface area contributed by atoms with Crippen LogP contribution in [0.4, 0.5) is 11.4 Å². The minimum atomic E-state index is -1.07. The SMILES string of the molecule is CC(CNc1cc(C(=O)O)c(N)cc1Br)S(C)=O. The molecule has 0 fully saturated rings. The van der Waals surface area contributed by atoms with E-state index in [0.29, 0.717) is 16.7 Å². The standard InChI is InChI=1S/C11H15BrN2O3S/c1-6(18(2)17)5-14-10-3-7(11(15)16)9(13)4-8(10)12/h3-4,6,14H,5,13H2,1-2H3,(H,15,16). The fourth-order valence-electron chi connectivity index (χ4n) is 1.28. The molecule has 0 aliphatic heterocycles.